The molecule has 0 bridgehead atoms. The van der Waals surface area contributed by atoms with Crippen molar-refractivity contribution in [3.63, 3.8) is 0 Å². The van der Waals surface area contributed by atoms with Gasteiger partial charge in [0.1, 0.15) is 5.76 Å². The fourth-order valence-electron chi connectivity index (χ4n) is 3.75. The number of rotatable bonds is 11. The second-order valence-electron chi connectivity index (χ2n) is 7.08. The molecule has 1 aliphatic rings. The summed E-state index contributed by atoms with van der Waals surface area (Å²) in [6.07, 6.45) is 4.01. The largest absolute Gasteiger partial charge is 0.490 e. The van der Waals surface area contributed by atoms with E-state index in [0.717, 1.165) is 18.8 Å². The number of carbonyl (C=O) groups excluding carboxylic acids is 1. The van der Waals surface area contributed by atoms with Crippen LogP contribution < -0.4 is 19.5 Å². The highest BCUT2D eigenvalue weighted by atomic mass is 16.5. The number of ether oxygens (including phenoxy) is 3. The Hall–Kier alpha value is -2.67. The third kappa shape index (κ3) is 5.27. The number of carbonyl (C=O) groups is 1. The van der Waals surface area contributed by atoms with Gasteiger partial charge in [-0.2, -0.15) is 0 Å². The molecular weight excluding hydrogens is 384 g/mol. The molecule has 0 spiro atoms. The van der Waals surface area contributed by atoms with Crippen LogP contribution in [0.3, 0.4) is 0 Å². The van der Waals surface area contributed by atoms with E-state index in [1.54, 1.807) is 18.4 Å². The van der Waals surface area contributed by atoms with Gasteiger partial charge in [-0.05, 0) is 71.0 Å². The van der Waals surface area contributed by atoms with E-state index in [0.29, 0.717) is 49.2 Å². The molecule has 1 aromatic heterocycles. The van der Waals surface area contributed by atoms with Gasteiger partial charge in [0.05, 0.1) is 32.1 Å². The Labute approximate surface area is 178 Å². The highest BCUT2D eigenvalue weighted by Gasteiger charge is 2.26. The normalized spacial score (nSPS) is 15.0. The van der Waals surface area contributed by atoms with E-state index in [1.807, 2.05) is 32.9 Å². The molecule has 2 aromatic rings. The van der Waals surface area contributed by atoms with Crippen LogP contribution in [0, 0.1) is 0 Å². The second-order valence-corrected chi connectivity index (χ2v) is 7.08. The molecule has 2 heterocycles. The van der Waals surface area contributed by atoms with Crippen LogP contribution in [-0.2, 0) is 0 Å². The van der Waals surface area contributed by atoms with Crippen molar-refractivity contribution in [1.29, 1.82) is 0 Å². The van der Waals surface area contributed by atoms with Gasteiger partial charge in [-0.25, -0.2) is 0 Å². The van der Waals surface area contributed by atoms with Crippen LogP contribution in [0.15, 0.2) is 34.9 Å². The summed E-state index contributed by atoms with van der Waals surface area (Å²) in [5.74, 6) is 2.24. The molecule has 0 saturated carbocycles. The minimum Gasteiger partial charge on any atom is -0.490 e. The van der Waals surface area contributed by atoms with Gasteiger partial charge in [0.25, 0.3) is 5.91 Å². The van der Waals surface area contributed by atoms with Crippen molar-refractivity contribution in [2.75, 3.05) is 39.5 Å². The van der Waals surface area contributed by atoms with Crippen LogP contribution in [0.5, 0.6) is 17.2 Å². The average Bonchev–Trinajstić information content (AvgIpc) is 3.45. The standard InChI is InChI=1S/C23H32N2O5/c1-4-27-20-14-17(15-21(28-5-2)22(20)29-6-3)23(26)24-16-18(19-10-9-13-30-19)25-11-7-8-12-25/h9-10,13-15,18H,4-8,11-12,16H2,1-3H3,(H,24,26)/t18-/m0/s1. The Morgan fingerprint density at radius 2 is 1.70 bits per heavy atom. The van der Waals surface area contributed by atoms with Crippen molar-refractivity contribution in [3.05, 3.63) is 41.9 Å². The van der Waals surface area contributed by atoms with Crippen molar-refractivity contribution < 1.29 is 23.4 Å². The molecule has 0 aliphatic carbocycles. The minimum absolute atomic E-state index is 0.0203. The van der Waals surface area contributed by atoms with Gasteiger partial charge < -0.3 is 23.9 Å². The van der Waals surface area contributed by atoms with E-state index in [-0.39, 0.29) is 11.9 Å². The summed E-state index contributed by atoms with van der Waals surface area (Å²) in [5, 5.41) is 3.06. The summed E-state index contributed by atoms with van der Waals surface area (Å²) < 4.78 is 22.8. The van der Waals surface area contributed by atoms with Crippen molar-refractivity contribution in [1.82, 2.24) is 10.2 Å². The van der Waals surface area contributed by atoms with Crippen molar-refractivity contribution in [3.8, 4) is 17.2 Å². The summed E-state index contributed by atoms with van der Waals surface area (Å²) in [5.41, 5.74) is 0.477. The first-order chi connectivity index (χ1) is 14.7. The van der Waals surface area contributed by atoms with E-state index in [4.69, 9.17) is 18.6 Å². The number of furan rings is 1. The van der Waals surface area contributed by atoms with Gasteiger partial charge in [0, 0.05) is 12.1 Å². The molecule has 1 N–H and O–H groups in total. The number of likely N-dealkylation sites (tertiary alicyclic amines) is 1. The first-order valence-corrected chi connectivity index (χ1v) is 10.8. The van der Waals surface area contributed by atoms with E-state index < -0.39 is 0 Å². The third-order valence-electron chi connectivity index (χ3n) is 5.08. The maximum atomic E-state index is 13.0. The molecule has 0 radical (unpaired) electrons. The summed E-state index contributed by atoms with van der Waals surface area (Å²) in [7, 11) is 0. The minimum atomic E-state index is -0.185. The van der Waals surface area contributed by atoms with Crippen LogP contribution in [0.4, 0.5) is 0 Å². The fourth-order valence-corrected chi connectivity index (χ4v) is 3.75. The zero-order valence-corrected chi connectivity index (χ0v) is 18.1. The zero-order valence-electron chi connectivity index (χ0n) is 18.1. The van der Waals surface area contributed by atoms with Crippen LogP contribution in [0.25, 0.3) is 0 Å². The molecular formula is C23H32N2O5. The quantitative estimate of drug-likeness (QED) is 0.596. The number of hydrogen-bond donors (Lipinski definition) is 1. The number of nitrogens with one attached hydrogen (secondary N) is 1. The lowest BCUT2D eigenvalue weighted by Crippen LogP contribution is -2.36. The SMILES string of the molecule is CCOc1cc(C(=O)NC[C@@H](c2ccco2)N2CCCC2)cc(OCC)c1OCC. The Balaban J connectivity index is 1.79. The van der Waals surface area contributed by atoms with Gasteiger partial charge in [-0.3, -0.25) is 9.69 Å². The lowest BCUT2D eigenvalue weighted by molar-refractivity contribution is 0.0932. The van der Waals surface area contributed by atoms with Crippen molar-refractivity contribution in [2.24, 2.45) is 0 Å². The smallest absolute Gasteiger partial charge is 0.251 e. The molecule has 1 aromatic carbocycles. The van der Waals surface area contributed by atoms with Crippen molar-refractivity contribution in [2.45, 2.75) is 39.7 Å². The van der Waals surface area contributed by atoms with E-state index in [9.17, 15) is 4.79 Å². The van der Waals surface area contributed by atoms with Gasteiger partial charge in [0.15, 0.2) is 11.5 Å². The Kier molecular flexibility index (Phi) is 8.02. The Bertz CT molecular complexity index is 773. The first kappa shape index (κ1) is 22.0. The molecule has 1 aliphatic heterocycles. The number of benzene rings is 1. The fraction of sp³-hybridized carbons (Fsp3) is 0.522. The zero-order chi connectivity index (χ0) is 21.3. The number of nitrogens with zero attached hydrogens (tertiary/aromatic N) is 1. The van der Waals surface area contributed by atoms with Gasteiger partial charge >= 0.3 is 0 Å². The number of amides is 1. The van der Waals surface area contributed by atoms with E-state index in [2.05, 4.69) is 10.2 Å². The predicted molar refractivity (Wildman–Crippen MR) is 115 cm³/mol. The van der Waals surface area contributed by atoms with E-state index >= 15 is 0 Å². The third-order valence-corrected chi connectivity index (χ3v) is 5.08. The Morgan fingerprint density at radius 3 is 2.23 bits per heavy atom. The molecule has 30 heavy (non-hydrogen) atoms. The van der Waals surface area contributed by atoms with Crippen LogP contribution in [-0.4, -0.2) is 50.3 Å². The van der Waals surface area contributed by atoms with Gasteiger partial charge in [0.2, 0.25) is 5.75 Å². The van der Waals surface area contributed by atoms with Gasteiger partial charge in [-0.15, -0.1) is 0 Å². The lowest BCUT2D eigenvalue weighted by atomic mass is 10.1. The van der Waals surface area contributed by atoms with Gasteiger partial charge in [-0.1, -0.05) is 0 Å². The average molecular weight is 417 g/mol. The summed E-state index contributed by atoms with van der Waals surface area (Å²) in [4.78, 5) is 15.4. The highest BCUT2D eigenvalue weighted by Crippen LogP contribution is 2.39. The maximum Gasteiger partial charge on any atom is 0.251 e. The molecule has 164 valence electrons. The molecule has 1 atom stereocenters. The highest BCUT2D eigenvalue weighted by molar-refractivity contribution is 5.95. The van der Waals surface area contributed by atoms with Crippen LogP contribution in [0.1, 0.15) is 55.8 Å². The number of hydrogen-bond acceptors (Lipinski definition) is 6. The summed E-state index contributed by atoms with van der Waals surface area (Å²) >= 11 is 0. The maximum absolute atomic E-state index is 13.0. The predicted octanol–water partition coefficient (Wildman–Crippen LogP) is 4.04. The van der Waals surface area contributed by atoms with Crippen LogP contribution in [0.2, 0.25) is 0 Å². The van der Waals surface area contributed by atoms with E-state index in [1.165, 1.54) is 12.8 Å². The summed E-state index contributed by atoms with van der Waals surface area (Å²) in [6.45, 7) is 9.58. The molecule has 1 amide bonds. The molecule has 1 fully saturated rings. The summed E-state index contributed by atoms with van der Waals surface area (Å²) in [6, 6.07) is 7.29. The lowest BCUT2D eigenvalue weighted by Gasteiger charge is -2.26. The Morgan fingerprint density at radius 1 is 1.07 bits per heavy atom. The first-order valence-electron chi connectivity index (χ1n) is 10.8. The second kappa shape index (κ2) is 10.9. The molecule has 1 saturated heterocycles. The monoisotopic (exact) mass is 416 g/mol. The van der Waals surface area contributed by atoms with Crippen LogP contribution >= 0.6 is 0 Å². The molecule has 7 nitrogen and oxygen atoms in total. The molecule has 0 unspecified atom stereocenters. The van der Waals surface area contributed by atoms with Crippen molar-refractivity contribution >= 4 is 5.91 Å². The molecule has 7 heteroatoms. The topological polar surface area (TPSA) is 73.2 Å². The molecule has 3 rings (SSSR count).